The maximum Gasteiger partial charge on any atom is 0.407 e. The first-order chi connectivity index (χ1) is 29.0. The molecule has 4 amide bonds. The molecule has 6 aromatic rings. The van der Waals surface area contributed by atoms with Gasteiger partial charge < -0.3 is 49.8 Å². The third-order valence-electron chi connectivity index (χ3n) is 12.0. The van der Waals surface area contributed by atoms with Gasteiger partial charge in [0.25, 0.3) is 0 Å². The van der Waals surface area contributed by atoms with Gasteiger partial charge in [0, 0.05) is 47.4 Å². The molecule has 60 heavy (non-hydrogen) atoms. The average molecular weight is 817 g/mol. The van der Waals surface area contributed by atoms with Crippen molar-refractivity contribution in [2.24, 2.45) is 11.8 Å². The minimum absolute atomic E-state index is 0.124. The molecular formula is C44H52N10O6. The fraction of sp³-hybridized carbons (Fsp3) is 0.409. The lowest BCUT2D eigenvalue weighted by molar-refractivity contribution is -0.136. The zero-order chi connectivity index (χ0) is 42.2. The second-order valence-electron chi connectivity index (χ2n) is 16.3. The largest absolute Gasteiger partial charge is 0.453 e. The van der Waals surface area contributed by atoms with Crippen LogP contribution in [0.25, 0.3) is 55.4 Å². The molecule has 4 aromatic heterocycles. The number of carbonyl (C=O) groups is 4. The van der Waals surface area contributed by atoms with E-state index in [0.717, 1.165) is 81.1 Å². The summed E-state index contributed by atoms with van der Waals surface area (Å²) in [6.45, 7) is 8.76. The summed E-state index contributed by atoms with van der Waals surface area (Å²) in [5, 5.41) is 7.51. The molecule has 0 aliphatic carbocycles. The number of aromatic nitrogens is 6. The number of aromatic amines is 4. The minimum atomic E-state index is -0.710. The third-order valence-corrected chi connectivity index (χ3v) is 12.0. The average Bonchev–Trinajstić information content (AvgIpc) is 4.10. The van der Waals surface area contributed by atoms with E-state index in [-0.39, 0.29) is 35.7 Å². The molecule has 2 aromatic carbocycles. The first kappa shape index (κ1) is 40.2. The number of methoxy groups -OCH3 is 2. The lowest BCUT2D eigenvalue weighted by Crippen LogP contribution is -2.51. The summed E-state index contributed by atoms with van der Waals surface area (Å²) in [6, 6.07) is 10.7. The normalized spacial score (nSPS) is 17.8. The van der Waals surface area contributed by atoms with Gasteiger partial charge in [-0.1, -0.05) is 52.0 Å². The molecule has 16 heteroatoms. The number of hydrogen-bond donors (Lipinski definition) is 6. The highest BCUT2D eigenvalue weighted by molar-refractivity contribution is 6.10. The van der Waals surface area contributed by atoms with E-state index in [2.05, 4.69) is 67.0 Å². The summed E-state index contributed by atoms with van der Waals surface area (Å²) in [4.78, 5) is 78.7. The Morgan fingerprint density at radius 1 is 0.633 bits per heavy atom. The monoisotopic (exact) mass is 816 g/mol. The van der Waals surface area contributed by atoms with Crippen LogP contribution in [0.1, 0.15) is 77.1 Å². The van der Waals surface area contributed by atoms with Gasteiger partial charge >= 0.3 is 12.2 Å². The number of imidazole rings is 2. The maximum absolute atomic E-state index is 13.7. The Morgan fingerprint density at radius 3 is 1.42 bits per heavy atom. The number of H-pyrrole nitrogens is 4. The van der Waals surface area contributed by atoms with Gasteiger partial charge in [-0.25, -0.2) is 19.6 Å². The minimum Gasteiger partial charge on any atom is -0.453 e. The Bertz CT molecular complexity index is 2370. The highest BCUT2D eigenvalue weighted by Gasteiger charge is 2.39. The summed E-state index contributed by atoms with van der Waals surface area (Å²) in [6.07, 6.45) is 9.42. The predicted octanol–water partition coefficient (Wildman–Crippen LogP) is 7.18. The number of rotatable bonds is 11. The smallest absolute Gasteiger partial charge is 0.407 e. The number of nitrogens with zero attached hydrogens (tertiary/aromatic N) is 4. The van der Waals surface area contributed by atoms with Gasteiger partial charge in [-0.3, -0.25) is 9.59 Å². The lowest BCUT2D eigenvalue weighted by Gasteiger charge is -2.30. The number of likely N-dealkylation sites (tertiary alicyclic amines) is 2. The Morgan fingerprint density at radius 2 is 1.03 bits per heavy atom. The fourth-order valence-electron chi connectivity index (χ4n) is 8.90. The van der Waals surface area contributed by atoms with Crippen LogP contribution < -0.4 is 10.6 Å². The topological polar surface area (TPSA) is 206 Å². The number of nitrogens with one attached hydrogen (secondary N) is 6. The number of ether oxygens (including phenoxy) is 2. The van der Waals surface area contributed by atoms with Crippen LogP contribution in [0.15, 0.2) is 61.2 Å². The maximum atomic E-state index is 13.7. The van der Waals surface area contributed by atoms with Crippen molar-refractivity contribution in [2.45, 2.75) is 77.5 Å². The Labute approximate surface area is 347 Å². The first-order valence-electron chi connectivity index (χ1n) is 20.6. The molecule has 4 atom stereocenters. The van der Waals surface area contributed by atoms with Crippen LogP contribution in [0.3, 0.4) is 0 Å². The van der Waals surface area contributed by atoms with E-state index in [4.69, 9.17) is 19.4 Å². The standard InChI is InChI=1S/C44H52N10O6/c1-23(2)35(51-43(57)59-5)41(55)53-19-7-9-33(53)39-47-21-31(49-39)29-13-11-25(27-15-17-45-37(27)29)26-12-14-30(38-28(26)16-18-46-38)32-22-48-40(50-32)34-10-8-20-54(34)42(56)36(24(3)4)52-44(58)60-6/h11-18,21-24,33-36,45-46H,7-10,19-20H2,1-6H3,(H,47,49)(H,48,50)(H,51,57)(H,52,58)/t33-,34-,35-,36-/m0/s1. The van der Waals surface area contributed by atoms with Gasteiger partial charge in [0.1, 0.15) is 23.7 Å². The van der Waals surface area contributed by atoms with E-state index in [1.807, 2.05) is 62.3 Å². The highest BCUT2D eigenvalue weighted by atomic mass is 16.5. The molecule has 2 aliphatic heterocycles. The predicted molar refractivity (Wildman–Crippen MR) is 226 cm³/mol. The van der Waals surface area contributed by atoms with Gasteiger partial charge in [0.05, 0.1) is 61.1 Å². The van der Waals surface area contributed by atoms with Crippen LogP contribution >= 0.6 is 0 Å². The van der Waals surface area contributed by atoms with Gasteiger partial charge in [-0.05, 0) is 60.8 Å². The van der Waals surface area contributed by atoms with Gasteiger partial charge in [-0.2, -0.15) is 0 Å². The first-order valence-corrected chi connectivity index (χ1v) is 20.6. The zero-order valence-electron chi connectivity index (χ0n) is 34.7. The van der Waals surface area contributed by atoms with Crippen molar-refractivity contribution in [1.82, 2.24) is 50.3 Å². The van der Waals surface area contributed by atoms with Crippen LogP contribution in [0.2, 0.25) is 0 Å². The van der Waals surface area contributed by atoms with E-state index < -0.39 is 24.3 Å². The molecule has 2 fully saturated rings. The second-order valence-corrected chi connectivity index (χ2v) is 16.3. The van der Waals surface area contributed by atoms with Crippen LogP contribution in [0, 0.1) is 11.8 Å². The van der Waals surface area contributed by atoms with Crippen molar-refractivity contribution in [3.05, 3.63) is 72.8 Å². The molecule has 2 aliphatic rings. The van der Waals surface area contributed by atoms with Gasteiger partial charge in [0.2, 0.25) is 11.8 Å². The molecular weight excluding hydrogens is 765 g/mol. The molecule has 0 unspecified atom stereocenters. The molecule has 314 valence electrons. The Balaban J connectivity index is 1.05. The molecule has 0 saturated carbocycles. The van der Waals surface area contributed by atoms with Gasteiger partial charge in [0.15, 0.2) is 0 Å². The van der Waals surface area contributed by atoms with E-state index >= 15 is 0 Å². The van der Waals surface area contributed by atoms with Crippen molar-refractivity contribution in [3.63, 3.8) is 0 Å². The quantitative estimate of drug-likeness (QED) is 0.0788. The molecule has 8 rings (SSSR count). The number of fused-ring (bicyclic) bond motifs is 2. The summed E-state index contributed by atoms with van der Waals surface area (Å²) < 4.78 is 9.58. The Kier molecular flexibility index (Phi) is 11.1. The molecule has 16 nitrogen and oxygen atoms in total. The van der Waals surface area contributed by atoms with E-state index in [9.17, 15) is 19.2 Å². The molecule has 6 N–H and O–H groups in total. The fourth-order valence-corrected chi connectivity index (χ4v) is 8.90. The molecule has 0 radical (unpaired) electrons. The molecule has 2 saturated heterocycles. The zero-order valence-corrected chi connectivity index (χ0v) is 34.7. The molecule has 0 spiro atoms. The van der Waals surface area contributed by atoms with Crippen LogP contribution in [0.5, 0.6) is 0 Å². The number of hydrogen-bond acceptors (Lipinski definition) is 8. The van der Waals surface area contributed by atoms with Crippen LogP contribution in [-0.4, -0.2) is 103 Å². The van der Waals surface area contributed by atoms with Crippen molar-refractivity contribution >= 4 is 45.8 Å². The Hall–Kier alpha value is -6.58. The summed E-state index contributed by atoms with van der Waals surface area (Å²) >= 11 is 0. The van der Waals surface area contributed by atoms with Crippen molar-refractivity contribution < 1.29 is 28.7 Å². The summed E-state index contributed by atoms with van der Waals surface area (Å²) in [7, 11) is 2.58. The lowest BCUT2D eigenvalue weighted by atomic mass is 9.94. The summed E-state index contributed by atoms with van der Waals surface area (Å²) in [5.74, 6) is 0.854. The highest BCUT2D eigenvalue weighted by Crippen LogP contribution is 2.41. The number of amides is 4. The molecule has 0 bridgehead atoms. The third kappa shape index (κ3) is 7.34. The van der Waals surface area contributed by atoms with Crippen LogP contribution in [0.4, 0.5) is 9.59 Å². The van der Waals surface area contributed by atoms with Crippen molar-refractivity contribution in [3.8, 4) is 33.6 Å². The number of carbonyl (C=O) groups excluding carboxylic acids is 4. The summed E-state index contributed by atoms with van der Waals surface area (Å²) in [5.41, 5.74) is 7.58. The SMILES string of the molecule is COC(=O)N[C@H](C(=O)N1CCC[C@H]1c1ncc(-c2ccc(-c3ccc(-c4cnc([C@@H]5CCCN5C(=O)[C@@H](NC(=O)OC)C(C)C)[nH]4)c4[nH]ccc34)c3cc[nH]c23)[nH]1)C(C)C. The van der Waals surface area contributed by atoms with E-state index in [0.29, 0.717) is 24.7 Å². The van der Waals surface area contributed by atoms with E-state index in [1.54, 1.807) is 0 Å². The van der Waals surface area contributed by atoms with Crippen LogP contribution in [-0.2, 0) is 19.1 Å². The molecule has 6 heterocycles. The van der Waals surface area contributed by atoms with E-state index in [1.165, 1.54) is 14.2 Å². The second kappa shape index (κ2) is 16.6. The number of benzene rings is 2. The number of alkyl carbamates (subject to hydrolysis) is 2. The van der Waals surface area contributed by atoms with Gasteiger partial charge in [-0.15, -0.1) is 0 Å². The van der Waals surface area contributed by atoms with Crippen molar-refractivity contribution in [2.75, 3.05) is 27.3 Å². The van der Waals surface area contributed by atoms with Crippen molar-refractivity contribution in [1.29, 1.82) is 0 Å².